The van der Waals surface area contributed by atoms with E-state index in [1.54, 1.807) is 18.7 Å². The Hall–Kier alpha value is -0.240. The van der Waals surface area contributed by atoms with E-state index in [0.29, 0.717) is 12.3 Å². The minimum absolute atomic E-state index is 0.173. The average molecular weight is 379 g/mol. The molecule has 0 aliphatic carbocycles. The van der Waals surface area contributed by atoms with Gasteiger partial charge < -0.3 is 10.6 Å². The topological polar surface area (TPSA) is 63.4 Å². The van der Waals surface area contributed by atoms with Crippen molar-refractivity contribution in [2.24, 2.45) is 5.73 Å². The van der Waals surface area contributed by atoms with E-state index in [0.717, 1.165) is 28.0 Å². The van der Waals surface area contributed by atoms with Gasteiger partial charge in [-0.15, -0.1) is 0 Å². The summed E-state index contributed by atoms with van der Waals surface area (Å²) in [5.74, 6) is 1.74. The van der Waals surface area contributed by atoms with Gasteiger partial charge in [0.1, 0.15) is 5.37 Å². The monoisotopic (exact) mass is 378 g/mol. The minimum Gasteiger partial charge on any atom is -0.353 e. The zero-order valence-electron chi connectivity index (χ0n) is 11.4. The van der Waals surface area contributed by atoms with Gasteiger partial charge in [0.25, 0.3) is 0 Å². The largest absolute Gasteiger partial charge is 0.353 e. The summed E-state index contributed by atoms with van der Waals surface area (Å²) < 4.78 is 25.5. The molecule has 7 heteroatoms. The van der Waals surface area contributed by atoms with Gasteiger partial charge in [0.2, 0.25) is 0 Å². The van der Waals surface area contributed by atoms with Gasteiger partial charge in [0, 0.05) is 40.5 Å². The highest BCUT2D eigenvalue weighted by Crippen LogP contribution is 2.30. The third-order valence-electron chi connectivity index (χ3n) is 3.41. The first-order chi connectivity index (χ1) is 9.47. The Morgan fingerprint density at radius 2 is 2.20 bits per heavy atom. The van der Waals surface area contributed by atoms with Crippen molar-refractivity contribution in [1.29, 1.82) is 0 Å². The molecule has 1 heterocycles. The second-order valence-electron chi connectivity index (χ2n) is 4.70. The highest BCUT2D eigenvalue weighted by molar-refractivity contribution is 9.10. The van der Waals surface area contributed by atoms with Crippen LogP contribution in [0.3, 0.4) is 0 Å². The Balaban J connectivity index is 2.40. The normalized spacial score (nSPS) is 20.1. The summed E-state index contributed by atoms with van der Waals surface area (Å²) in [6.07, 6.45) is 0. The molecule has 1 saturated heterocycles. The standard InChI is InChI=1S/C13H19BrN2O2S2/c1-2-20(17,18)13-9-19-4-3-16(13)12-6-10(8-15)5-11(14)7-12/h5-7,13H,2-4,8-9,15H2,1H3. The van der Waals surface area contributed by atoms with Crippen molar-refractivity contribution in [3.05, 3.63) is 28.2 Å². The van der Waals surface area contributed by atoms with E-state index >= 15 is 0 Å². The van der Waals surface area contributed by atoms with Crippen molar-refractivity contribution < 1.29 is 8.42 Å². The van der Waals surface area contributed by atoms with Crippen LogP contribution in [-0.4, -0.2) is 37.6 Å². The molecule has 1 aromatic carbocycles. The zero-order valence-corrected chi connectivity index (χ0v) is 14.6. The van der Waals surface area contributed by atoms with E-state index in [1.807, 2.05) is 23.1 Å². The third-order valence-corrected chi connectivity index (χ3v) is 7.16. The van der Waals surface area contributed by atoms with Crippen LogP contribution >= 0.6 is 27.7 Å². The molecule has 2 N–H and O–H groups in total. The average Bonchev–Trinajstić information content (AvgIpc) is 2.46. The van der Waals surface area contributed by atoms with E-state index in [-0.39, 0.29) is 5.75 Å². The maximum atomic E-state index is 12.3. The Labute approximate surface area is 133 Å². The fraction of sp³-hybridized carbons (Fsp3) is 0.538. The van der Waals surface area contributed by atoms with Crippen molar-refractivity contribution in [2.75, 3.05) is 28.7 Å². The van der Waals surface area contributed by atoms with Crippen LogP contribution in [0.15, 0.2) is 22.7 Å². The summed E-state index contributed by atoms with van der Waals surface area (Å²) in [7, 11) is -3.09. The van der Waals surface area contributed by atoms with Crippen LogP contribution in [0.1, 0.15) is 12.5 Å². The Kier molecular flexibility index (Phi) is 5.39. The van der Waals surface area contributed by atoms with Gasteiger partial charge in [0.15, 0.2) is 9.84 Å². The molecule has 2 rings (SSSR count). The lowest BCUT2D eigenvalue weighted by Gasteiger charge is -2.36. The van der Waals surface area contributed by atoms with Crippen LogP contribution in [-0.2, 0) is 16.4 Å². The number of anilines is 1. The molecule has 0 radical (unpaired) electrons. The zero-order chi connectivity index (χ0) is 14.8. The number of hydrogen-bond donors (Lipinski definition) is 1. The van der Waals surface area contributed by atoms with Crippen LogP contribution in [0.25, 0.3) is 0 Å². The lowest BCUT2D eigenvalue weighted by Crippen LogP contribution is -2.48. The predicted octanol–water partition coefficient (Wildman–Crippen LogP) is 2.22. The minimum atomic E-state index is -3.09. The number of halogens is 1. The molecule has 0 spiro atoms. The van der Waals surface area contributed by atoms with E-state index in [4.69, 9.17) is 5.73 Å². The molecule has 1 atom stereocenters. The van der Waals surface area contributed by atoms with Crippen LogP contribution in [0.4, 0.5) is 5.69 Å². The van der Waals surface area contributed by atoms with Crippen LogP contribution in [0, 0.1) is 0 Å². The van der Waals surface area contributed by atoms with Gasteiger partial charge in [-0.05, 0) is 23.8 Å². The van der Waals surface area contributed by atoms with Crippen molar-refractivity contribution in [3.8, 4) is 0 Å². The SMILES string of the molecule is CCS(=O)(=O)C1CSCCN1c1cc(Br)cc(CN)c1. The van der Waals surface area contributed by atoms with Crippen molar-refractivity contribution in [1.82, 2.24) is 0 Å². The lowest BCUT2D eigenvalue weighted by atomic mass is 10.2. The molecule has 1 fully saturated rings. The number of sulfone groups is 1. The first kappa shape index (κ1) is 16.1. The summed E-state index contributed by atoms with van der Waals surface area (Å²) in [6.45, 7) is 2.90. The van der Waals surface area contributed by atoms with Gasteiger partial charge in [-0.25, -0.2) is 8.42 Å². The van der Waals surface area contributed by atoms with Crippen molar-refractivity contribution in [3.63, 3.8) is 0 Å². The summed E-state index contributed by atoms with van der Waals surface area (Å²) in [5.41, 5.74) is 7.63. The Morgan fingerprint density at radius 3 is 2.85 bits per heavy atom. The molecule has 112 valence electrons. The van der Waals surface area contributed by atoms with Gasteiger partial charge in [-0.2, -0.15) is 11.8 Å². The van der Waals surface area contributed by atoms with Gasteiger partial charge in [-0.3, -0.25) is 0 Å². The molecule has 1 aromatic rings. The van der Waals surface area contributed by atoms with E-state index in [9.17, 15) is 8.42 Å². The van der Waals surface area contributed by atoms with Crippen molar-refractivity contribution >= 4 is 43.2 Å². The summed E-state index contributed by atoms with van der Waals surface area (Å²) >= 11 is 5.17. The lowest BCUT2D eigenvalue weighted by molar-refractivity contribution is 0.579. The molecule has 1 aliphatic rings. The second kappa shape index (κ2) is 6.68. The number of rotatable bonds is 4. The highest BCUT2D eigenvalue weighted by Gasteiger charge is 2.33. The van der Waals surface area contributed by atoms with Crippen LogP contribution < -0.4 is 10.6 Å². The molecule has 0 saturated carbocycles. The first-order valence-corrected chi connectivity index (χ1v) is 10.2. The third kappa shape index (κ3) is 3.50. The van der Waals surface area contributed by atoms with Gasteiger partial charge in [-0.1, -0.05) is 22.9 Å². The van der Waals surface area contributed by atoms with E-state index < -0.39 is 15.2 Å². The number of hydrogen-bond acceptors (Lipinski definition) is 5. The molecule has 0 bridgehead atoms. The maximum absolute atomic E-state index is 12.3. The Bertz CT molecular complexity index is 578. The molecule has 0 amide bonds. The molecule has 20 heavy (non-hydrogen) atoms. The number of nitrogens with zero attached hydrogens (tertiary/aromatic N) is 1. The number of benzene rings is 1. The fourth-order valence-corrected chi connectivity index (χ4v) is 5.80. The smallest absolute Gasteiger partial charge is 0.171 e. The maximum Gasteiger partial charge on any atom is 0.171 e. The molecule has 4 nitrogen and oxygen atoms in total. The highest BCUT2D eigenvalue weighted by atomic mass is 79.9. The summed E-state index contributed by atoms with van der Waals surface area (Å²) in [6, 6.07) is 5.91. The second-order valence-corrected chi connectivity index (χ2v) is 9.21. The first-order valence-electron chi connectivity index (χ1n) is 6.53. The van der Waals surface area contributed by atoms with Crippen LogP contribution in [0.5, 0.6) is 0 Å². The predicted molar refractivity (Wildman–Crippen MR) is 90.0 cm³/mol. The molecule has 1 aliphatic heterocycles. The van der Waals surface area contributed by atoms with E-state index in [2.05, 4.69) is 15.9 Å². The van der Waals surface area contributed by atoms with E-state index in [1.165, 1.54) is 0 Å². The summed E-state index contributed by atoms with van der Waals surface area (Å²) in [4.78, 5) is 2.00. The number of thioether (sulfide) groups is 1. The molecular weight excluding hydrogens is 360 g/mol. The van der Waals surface area contributed by atoms with Gasteiger partial charge >= 0.3 is 0 Å². The van der Waals surface area contributed by atoms with Crippen LogP contribution in [0.2, 0.25) is 0 Å². The molecular formula is C13H19BrN2O2S2. The Morgan fingerprint density at radius 1 is 1.45 bits per heavy atom. The van der Waals surface area contributed by atoms with Gasteiger partial charge in [0.05, 0.1) is 0 Å². The van der Waals surface area contributed by atoms with Crippen molar-refractivity contribution in [2.45, 2.75) is 18.8 Å². The molecule has 1 unspecified atom stereocenters. The molecule has 0 aromatic heterocycles. The fourth-order valence-electron chi connectivity index (χ4n) is 2.28. The quantitative estimate of drug-likeness (QED) is 0.869. The number of nitrogens with two attached hydrogens (primary N) is 1. The summed E-state index contributed by atoms with van der Waals surface area (Å²) in [5, 5.41) is -0.439.